The lowest BCUT2D eigenvalue weighted by Gasteiger charge is -2.39. The van der Waals surface area contributed by atoms with Crippen LogP contribution in [0.2, 0.25) is 0 Å². The molecule has 0 aliphatic carbocycles. The molecule has 0 spiro atoms. The molecule has 27 heavy (non-hydrogen) atoms. The molecule has 1 aromatic heterocycles. The van der Waals surface area contributed by atoms with Crippen molar-refractivity contribution in [2.75, 3.05) is 26.7 Å². The summed E-state index contributed by atoms with van der Waals surface area (Å²) in [6, 6.07) is 18.2. The smallest absolute Gasteiger partial charge is 0.254 e. The van der Waals surface area contributed by atoms with Gasteiger partial charge in [0.15, 0.2) is 0 Å². The fourth-order valence-corrected chi connectivity index (χ4v) is 3.63. The highest BCUT2D eigenvalue weighted by Crippen LogP contribution is 2.27. The van der Waals surface area contributed by atoms with E-state index >= 15 is 0 Å². The Balaban J connectivity index is 1.57. The summed E-state index contributed by atoms with van der Waals surface area (Å²) in [5, 5.41) is 0. The van der Waals surface area contributed by atoms with Crippen molar-refractivity contribution in [2.45, 2.75) is 6.04 Å². The summed E-state index contributed by atoms with van der Waals surface area (Å²) < 4.78 is 16.3. The normalized spacial score (nSPS) is 17.9. The van der Waals surface area contributed by atoms with Gasteiger partial charge >= 0.3 is 0 Å². The van der Waals surface area contributed by atoms with Crippen LogP contribution in [0, 0.1) is 5.82 Å². The number of benzene rings is 2. The fourth-order valence-electron chi connectivity index (χ4n) is 3.63. The second kappa shape index (κ2) is 7.37. The molecule has 2 heterocycles. The highest BCUT2D eigenvalue weighted by Gasteiger charge is 2.30. The molecule has 4 nitrogen and oxygen atoms in total. The molecule has 4 rings (SSSR count). The topological polar surface area (TPSA) is 28.5 Å². The van der Waals surface area contributed by atoms with Crippen LogP contribution in [-0.2, 0) is 0 Å². The van der Waals surface area contributed by atoms with Gasteiger partial charge in [-0.25, -0.2) is 4.39 Å². The van der Waals surface area contributed by atoms with Crippen molar-refractivity contribution >= 4 is 5.91 Å². The minimum atomic E-state index is -0.224. The number of halogens is 1. The lowest BCUT2D eigenvalue weighted by atomic mass is 10.0. The minimum Gasteiger partial charge on any atom is -0.335 e. The van der Waals surface area contributed by atoms with E-state index in [1.54, 1.807) is 12.1 Å². The average molecular weight is 363 g/mol. The van der Waals surface area contributed by atoms with Crippen LogP contribution in [-0.4, -0.2) is 47.0 Å². The third-order valence-electron chi connectivity index (χ3n) is 5.20. The Bertz CT molecular complexity index is 938. The van der Waals surface area contributed by atoms with Gasteiger partial charge in [0.05, 0.1) is 6.04 Å². The van der Waals surface area contributed by atoms with Crippen LogP contribution in [0.5, 0.6) is 0 Å². The van der Waals surface area contributed by atoms with Crippen molar-refractivity contribution in [3.05, 3.63) is 90.0 Å². The zero-order chi connectivity index (χ0) is 18.8. The predicted molar refractivity (Wildman–Crippen MR) is 103 cm³/mol. The van der Waals surface area contributed by atoms with Crippen LogP contribution in [0.4, 0.5) is 4.39 Å². The summed E-state index contributed by atoms with van der Waals surface area (Å²) in [4.78, 5) is 17.0. The molecule has 1 aliphatic heterocycles. The monoisotopic (exact) mass is 363 g/mol. The van der Waals surface area contributed by atoms with E-state index in [9.17, 15) is 9.18 Å². The molecule has 0 saturated carbocycles. The number of rotatable bonds is 3. The summed E-state index contributed by atoms with van der Waals surface area (Å²) >= 11 is 0. The SMILES string of the molecule is CN1CCN(C(=O)c2cccc(-n3cccc3)c2)CC1c1ccccc1F. The molecule has 0 N–H and O–H groups in total. The first-order chi connectivity index (χ1) is 13.1. The van der Waals surface area contributed by atoms with Crippen molar-refractivity contribution in [3.63, 3.8) is 0 Å². The number of piperazine rings is 1. The lowest BCUT2D eigenvalue weighted by Crippen LogP contribution is -2.49. The largest absolute Gasteiger partial charge is 0.335 e. The first kappa shape index (κ1) is 17.5. The van der Waals surface area contributed by atoms with Gasteiger partial charge < -0.3 is 9.47 Å². The lowest BCUT2D eigenvalue weighted by molar-refractivity contribution is 0.0540. The van der Waals surface area contributed by atoms with Gasteiger partial charge in [-0.15, -0.1) is 0 Å². The Morgan fingerprint density at radius 2 is 1.78 bits per heavy atom. The van der Waals surface area contributed by atoms with E-state index in [2.05, 4.69) is 4.90 Å². The maximum atomic E-state index is 14.3. The quantitative estimate of drug-likeness (QED) is 0.709. The molecule has 1 fully saturated rings. The Hall–Kier alpha value is -2.92. The zero-order valence-electron chi connectivity index (χ0n) is 15.3. The second-order valence-corrected chi connectivity index (χ2v) is 6.91. The zero-order valence-corrected chi connectivity index (χ0v) is 15.3. The molecule has 3 aromatic rings. The molecule has 0 radical (unpaired) electrons. The number of hydrogen-bond acceptors (Lipinski definition) is 2. The molecule has 2 aromatic carbocycles. The van der Waals surface area contributed by atoms with Gasteiger partial charge in [0.25, 0.3) is 5.91 Å². The number of carbonyl (C=O) groups excluding carboxylic acids is 1. The van der Waals surface area contributed by atoms with E-state index in [1.807, 2.05) is 71.4 Å². The predicted octanol–water partition coefficient (Wildman–Crippen LogP) is 3.75. The van der Waals surface area contributed by atoms with Gasteiger partial charge in [0.2, 0.25) is 0 Å². The van der Waals surface area contributed by atoms with Gasteiger partial charge in [0.1, 0.15) is 5.82 Å². The molecule has 1 unspecified atom stereocenters. The molecule has 1 aliphatic rings. The third-order valence-corrected chi connectivity index (χ3v) is 5.20. The van der Waals surface area contributed by atoms with Crippen LogP contribution in [0.15, 0.2) is 73.1 Å². The van der Waals surface area contributed by atoms with Crippen LogP contribution >= 0.6 is 0 Å². The van der Waals surface area contributed by atoms with Crippen molar-refractivity contribution < 1.29 is 9.18 Å². The minimum absolute atomic E-state index is 0.0153. The molecule has 1 amide bonds. The number of amides is 1. The van der Waals surface area contributed by atoms with E-state index < -0.39 is 0 Å². The number of hydrogen-bond donors (Lipinski definition) is 0. The van der Waals surface area contributed by atoms with Crippen LogP contribution in [0.1, 0.15) is 22.0 Å². The summed E-state index contributed by atoms with van der Waals surface area (Å²) in [6.45, 7) is 1.82. The van der Waals surface area contributed by atoms with Crippen molar-refractivity contribution in [2.24, 2.45) is 0 Å². The summed E-state index contributed by atoms with van der Waals surface area (Å²) in [6.07, 6.45) is 3.90. The molecule has 138 valence electrons. The van der Waals surface area contributed by atoms with Gasteiger partial charge in [0, 0.05) is 48.8 Å². The Labute approximate surface area is 158 Å². The highest BCUT2D eigenvalue weighted by molar-refractivity contribution is 5.94. The number of nitrogens with zero attached hydrogens (tertiary/aromatic N) is 3. The number of carbonyl (C=O) groups is 1. The standard InChI is InChI=1S/C22H22FN3O/c1-24-13-14-26(16-21(24)19-9-2-3-10-20(19)23)22(27)17-7-6-8-18(15-17)25-11-4-5-12-25/h2-12,15,21H,13-14,16H2,1H3. The van der Waals surface area contributed by atoms with Gasteiger partial charge in [-0.2, -0.15) is 0 Å². The van der Waals surface area contributed by atoms with Crippen molar-refractivity contribution in [1.29, 1.82) is 0 Å². The Morgan fingerprint density at radius 1 is 1.00 bits per heavy atom. The van der Waals surface area contributed by atoms with E-state index in [0.717, 1.165) is 5.69 Å². The average Bonchev–Trinajstić information content (AvgIpc) is 3.23. The number of likely N-dealkylation sites (N-methyl/N-ethyl adjacent to an activating group) is 1. The van der Waals surface area contributed by atoms with Gasteiger partial charge in [-0.05, 0) is 43.4 Å². The van der Waals surface area contributed by atoms with E-state index in [-0.39, 0.29) is 17.8 Å². The summed E-state index contributed by atoms with van der Waals surface area (Å²) in [5.74, 6) is -0.239. The van der Waals surface area contributed by atoms with Crippen molar-refractivity contribution in [1.82, 2.24) is 14.4 Å². The van der Waals surface area contributed by atoms with Gasteiger partial charge in [-0.1, -0.05) is 24.3 Å². The maximum absolute atomic E-state index is 14.3. The highest BCUT2D eigenvalue weighted by atomic mass is 19.1. The van der Waals surface area contributed by atoms with Crippen LogP contribution in [0.3, 0.4) is 0 Å². The van der Waals surface area contributed by atoms with Crippen molar-refractivity contribution in [3.8, 4) is 5.69 Å². The summed E-state index contributed by atoms with van der Waals surface area (Å²) in [7, 11) is 1.98. The molecule has 0 bridgehead atoms. The third kappa shape index (κ3) is 3.51. The summed E-state index contributed by atoms with van der Waals surface area (Å²) in [5.41, 5.74) is 2.24. The molecular weight excluding hydrogens is 341 g/mol. The Kier molecular flexibility index (Phi) is 4.77. The van der Waals surface area contributed by atoms with E-state index in [1.165, 1.54) is 6.07 Å². The molecule has 1 atom stereocenters. The fraction of sp³-hybridized carbons (Fsp3) is 0.227. The van der Waals surface area contributed by atoms with Gasteiger partial charge in [-0.3, -0.25) is 9.69 Å². The number of aromatic nitrogens is 1. The van der Waals surface area contributed by atoms with E-state index in [4.69, 9.17) is 0 Å². The van der Waals surface area contributed by atoms with E-state index in [0.29, 0.717) is 30.8 Å². The first-order valence-corrected chi connectivity index (χ1v) is 9.11. The molecular formula is C22H22FN3O. The Morgan fingerprint density at radius 3 is 2.56 bits per heavy atom. The first-order valence-electron chi connectivity index (χ1n) is 9.11. The van der Waals surface area contributed by atoms with Crippen LogP contribution < -0.4 is 0 Å². The molecule has 1 saturated heterocycles. The molecule has 5 heteroatoms. The maximum Gasteiger partial charge on any atom is 0.254 e. The second-order valence-electron chi connectivity index (χ2n) is 6.91. The van der Waals surface area contributed by atoms with Crippen LogP contribution in [0.25, 0.3) is 5.69 Å².